The van der Waals surface area contributed by atoms with E-state index in [-0.39, 0.29) is 18.2 Å². The van der Waals surface area contributed by atoms with Gasteiger partial charge in [0, 0.05) is 24.4 Å². The van der Waals surface area contributed by atoms with E-state index in [0.717, 1.165) is 17.0 Å². The van der Waals surface area contributed by atoms with E-state index >= 15 is 0 Å². The summed E-state index contributed by atoms with van der Waals surface area (Å²) in [5.74, 6) is -4.56. The van der Waals surface area contributed by atoms with Crippen molar-refractivity contribution in [2.24, 2.45) is 10.9 Å². The molecule has 1 aliphatic rings. The first-order chi connectivity index (χ1) is 14.7. The van der Waals surface area contributed by atoms with Gasteiger partial charge in [-0.25, -0.2) is 18.8 Å². The van der Waals surface area contributed by atoms with Crippen molar-refractivity contribution in [1.29, 1.82) is 0 Å². The Morgan fingerprint density at radius 1 is 1.38 bits per heavy atom. The number of likely N-dealkylation sites (tertiary alicyclic amines) is 1. The van der Waals surface area contributed by atoms with Crippen molar-refractivity contribution in [2.45, 2.75) is 52.3 Å². The van der Waals surface area contributed by atoms with Gasteiger partial charge in [-0.15, -0.1) is 0 Å². The van der Waals surface area contributed by atoms with E-state index in [4.69, 9.17) is 4.74 Å². The molecule has 0 aromatic carbocycles. The summed E-state index contributed by atoms with van der Waals surface area (Å²) in [6, 6.07) is 1.10. The monoisotopic (exact) mass is 459 g/mol. The average molecular weight is 459 g/mol. The molecule has 0 radical (unpaired) electrons. The molecule has 32 heavy (non-hydrogen) atoms. The van der Waals surface area contributed by atoms with E-state index < -0.39 is 48.5 Å². The molecule has 0 spiro atoms. The Morgan fingerprint density at radius 2 is 2.03 bits per heavy atom. The minimum Gasteiger partial charge on any atom is -0.475 e. The summed E-state index contributed by atoms with van der Waals surface area (Å²) in [5, 5.41) is 0. The fraction of sp³-hybridized carbons (Fsp3) is 0.500. The summed E-state index contributed by atoms with van der Waals surface area (Å²) in [6.07, 6.45) is -2.71. The third kappa shape index (κ3) is 6.37. The maximum atomic E-state index is 14.3. The van der Waals surface area contributed by atoms with Gasteiger partial charge < -0.3 is 9.64 Å². The highest BCUT2D eigenvalue weighted by Gasteiger charge is 2.47. The Labute approximate surface area is 183 Å². The van der Waals surface area contributed by atoms with Gasteiger partial charge in [-0.2, -0.15) is 13.2 Å². The van der Waals surface area contributed by atoms with Crippen LogP contribution in [-0.4, -0.2) is 46.6 Å². The Balaban J connectivity index is 2.29. The summed E-state index contributed by atoms with van der Waals surface area (Å²) in [5.41, 5.74) is -0.131. The molecule has 5 nitrogen and oxygen atoms in total. The molecule has 10 heteroatoms. The number of rotatable bonds is 6. The summed E-state index contributed by atoms with van der Waals surface area (Å²) in [4.78, 5) is 22.0. The second-order valence-electron chi connectivity index (χ2n) is 7.90. The smallest absolute Gasteiger partial charge is 0.417 e. The van der Waals surface area contributed by atoms with Crippen molar-refractivity contribution in [3.8, 4) is 5.88 Å². The van der Waals surface area contributed by atoms with E-state index in [1.807, 2.05) is 0 Å². The lowest BCUT2D eigenvalue weighted by molar-refractivity contribution is -0.148. The SMILES string of the molecule is C=C(C)C(=N/C(C)=C\C)C(=O)N1CC(F)(F)C[C@@H](C)[C@H]1COc1ccc(C(F)(F)F)cn1. The van der Waals surface area contributed by atoms with Gasteiger partial charge >= 0.3 is 6.18 Å². The Morgan fingerprint density at radius 3 is 2.53 bits per heavy atom. The number of carbonyl (C=O) groups excluding carboxylic acids is 1. The van der Waals surface area contributed by atoms with Gasteiger partial charge in [0.2, 0.25) is 5.88 Å². The lowest BCUT2D eigenvalue weighted by Gasteiger charge is -2.43. The first-order valence-electron chi connectivity index (χ1n) is 9.97. The van der Waals surface area contributed by atoms with Gasteiger partial charge in [0.25, 0.3) is 11.8 Å². The van der Waals surface area contributed by atoms with Crippen LogP contribution in [0.4, 0.5) is 22.0 Å². The quantitative estimate of drug-likeness (QED) is 0.429. The van der Waals surface area contributed by atoms with E-state index in [2.05, 4.69) is 16.6 Å². The zero-order chi connectivity index (χ0) is 24.3. The molecule has 1 aromatic heterocycles. The summed E-state index contributed by atoms with van der Waals surface area (Å²) in [6.45, 7) is 9.21. The Bertz CT molecular complexity index is 907. The summed E-state index contributed by atoms with van der Waals surface area (Å²) < 4.78 is 72.2. The van der Waals surface area contributed by atoms with Crippen LogP contribution in [0.2, 0.25) is 0 Å². The molecule has 1 aliphatic heterocycles. The fourth-order valence-corrected chi connectivity index (χ4v) is 3.33. The lowest BCUT2D eigenvalue weighted by atomic mass is 9.88. The van der Waals surface area contributed by atoms with Crippen LogP contribution in [0.1, 0.15) is 39.7 Å². The number of halogens is 5. The number of pyridine rings is 1. The highest BCUT2D eigenvalue weighted by molar-refractivity contribution is 6.45. The minimum absolute atomic E-state index is 0.0387. The number of carbonyl (C=O) groups is 1. The molecule has 1 amide bonds. The van der Waals surface area contributed by atoms with Crippen LogP contribution in [0.15, 0.2) is 47.2 Å². The van der Waals surface area contributed by atoms with Gasteiger partial charge in [0.1, 0.15) is 12.3 Å². The maximum absolute atomic E-state index is 14.3. The number of aliphatic imine (C=N–C) groups is 1. The highest BCUT2D eigenvalue weighted by Crippen LogP contribution is 2.35. The molecule has 1 fully saturated rings. The normalized spacial score (nSPS) is 22.0. The zero-order valence-electron chi connectivity index (χ0n) is 18.3. The van der Waals surface area contributed by atoms with Crippen molar-refractivity contribution < 1.29 is 31.5 Å². The van der Waals surface area contributed by atoms with Gasteiger partial charge in [-0.3, -0.25) is 4.79 Å². The van der Waals surface area contributed by atoms with Crippen LogP contribution in [0.25, 0.3) is 0 Å². The van der Waals surface area contributed by atoms with E-state index in [0.29, 0.717) is 17.5 Å². The molecule has 2 atom stereocenters. The average Bonchev–Trinajstić information content (AvgIpc) is 2.69. The maximum Gasteiger partial charge on any atom is 0.417 e. The van der Waals surface area contributed by atoms with Crippen molar-refractivity contribution in [3.63, 3.8) is 0 Å². The van der Waals surface area contributed by atoms with Gasteiger partial charge in [0.15, 0.2) is 0 Å². The number of alkyl halides is 5. The van der Waals surface area contributed by atoms with E-state index in [1.165, 1.54) is 0 Å². The van der Waals surface area contributed by atoms with Crippen LogP contribution in [0, 0.1) is 5.92 Å². The number of allylic oxidation sites excluding steroid dienone is 2. The summed E-state index contributed by atoms with van der Waals surface area (Å²) in [7, 11) is 0. The second-order valence-corrected chi connectivity index (χ2v) is 7.90. The minimum atomic E-state index is -4.54. The molecule has 0 saturated carbocycles. The third-order valence-electron chi connectivity index (χ3n) is 5.12. The molecule has 1 saturated heterocycles. The van der Waals surface area contributed by atoms with Gasteiger partial charge in [0.05, 0.1) is 18.2 Å². The van der Waals surface area contributed by atoms with Crippen LogP contribution in [0.3, 0.4) is 0 Å². The Kier molecular flexibility index (Phi) is 7.79. The van der Waals surface area contributed by atoms with Gasteiger partial charge in [-0.05, 0) is 38.3 Å². The number of hydrogen-bond acceptors (Lipinski definition) is 4. The van der Waals surface area contributed by atoms with E-state index in [1.54, 1.807) is 33.8 Å². The number of nitrogens with zero attached hydrogens (tertiary/aromatic N) is 3. The molecular formula is C22H26F5N3O2. The largest absolute Gasteiger partial charge is 0.475 e. The third-order valence-corrected chi connectivity index (χ3v) is 5.12. The highest BCUT2D eigenvalue weighted by atomic mass is 19.4. The van der Waals surface area contributed by atoms with Crippen molar-refractivity contribution in [3.05, 3.63) is 47.8 Å². The number of hydrogen-bond donors (Lipinski definition) is 0. The van der Waals surface area contributed by atoms with Crippen LogP contribution < -0.4 is 4.74 Å². The van der Waals surface area contributed by atoms with Crippen molar-refractivity contribution in [2.75, 3.05) is 13.2 Å². The van der Waals surface area contributed by atoms with Crippen molar-refractivity contribution in [1.82, 2.24) is 9.88 Å². The molecule has 0 bridgehead atoms. The molecule has 0 unspecified atom stereocenters. The molecule has 0 N–H and O–H groups in total. The molecule has 1 aromatic rings. The van der Waals surface area contributed by atoms with Crippen molar-refractivity contribution >= 4 is 11.6 Å². The first kappa shape index (κ1) is 25.5. The molecule has 2 rings (SSSR count). The van der Waals surface area contributed by atoms with Crippen LogP contribution in [-0.2, 0) is 11.0 Å². The fourth-order valence-electron chi connectivity index (χ4n) is 3.33. The van der Waals surface area contributed by atoms with E-state index in [9.17, 15) is 26.7 Å². The van der Waals surface area contributed by atoms with Crippen LogP contribution in [0.5, 0.6) is 5.88 Å². The summed E-state index contributed by atoms with van der Waals surface area (Å²) >= 11 is 0. The molecule has 0 aliphatic carbocycles. The Hall–Kier alpha value is -2.78. The number of amides is 1. The molecule has 2 heterocycles. The number of piperidine rings is 1. The predicted octanol–water partition coefficient (Wildman–Crippen LogP) is 5.29. The zero-order valence-corrected chi connectivity index (χ0v) is 18.3. The predicted molar refractivity (Wildman–Crippen MR) is 111 cm³/mol. The second kappa shape index (κ2) is 9.79. The van der Waals surface area contributed by atoms with Gasteiger partial charge in [-0.1, -0.05) is 19.6 Å². The standard InChI is InChI=1S/C22H26F5N3O2/c1-6-15(5)29-19(13(2)3)20(31)30-12-21(23,24)9-14(4)17(30)11-32-18-8-7-16(10-28-18)22(25,26)27/h6-8,10,14,17H,2,9,11-12H2,1,3-5H3/b15-6-,29-19?/t14-,17-/m1/s1. The molecular weight excluding hydrogens is 433 g/mol. The lowest BCUT2D eigenvalue weighted by Crippen LogP contribution is -2.58. The number of aromatic nitrogens is 1. The molecule has 176 valence electrons. The number of ether oxygens (including phenoxy) is 1. The van der Waals surface area contributed by atoms with Crippen LogP contribution >= 0.6 is 0 Å². The first-order valence-corrected chi connectivity index (χ1v) is 9.97. The topological polar surface area (TPSA) is 54.8 Å².